The molecule has 0 saturated heterocycles. The van der Waals surface area contributed by atoms with Crippen LogP contribution in [0.1, 0.15) is 33.3 Å². The zero-order valence-electron chi connectivity index (χ0n) is 16.7. The van der Waals surface area contributed by atoms with Gasteiger partial charge in [-0.3, -0.25) is 4.79 Å². The molecule has 6 heteroatoms. The van der Waals surface area contributed by atoms with Crippen LogP contribution in [0, 0.1) is 20.8 Å². The largest absolute Gasteiger partial charge is 0.496 e. The van der Waals surface area contributed by atoms with Gasteiger partial charge in [-0.1, -0.05) is 12.1 Å². The fourth-order valence-corrected chi connectivity index (χ4v) is 4.70. The molecule has 3 aromatic rings. The van der Waals surface area contributed by atoms with Gasteiger partial charge in [0.25, 0.3) is 5.91 Å². The van der Waals surface area contributed by atoms with Gasteiger partial charge in [0.05, 0.1) is 17.3 Å². The average molecular weight is 459 g/mol. The number of hydrogen-bond donors (Lipinski definition) is 0. The Bertz CT molecular complexity index is 1110. The van der Waals surface area contributed by atoms with Crippen molar-refractivity contribution in [2.24, 2.45) is 4.99 Å². The van der Waals surface area contributed by atoms with Crippen LogP contribution in [0.15, 0.2) is 45.9 Å². The summed E-state index contributed by atoms with van der Waals surface area (Å²) < 4.78 is 8.08. The molecule has 0 bridgehead atoms. The molecule has 146 valence electrons. The van der Waals surface area contributed by atoms with Crippen LogP contribution in [-0.4, -0.2) is 17.6 Å². The molecule has 0 aliphatic heterocycles. The van der Waals surface area contributed by atoms with Crippen LogP contribution in [0.5, 0.6) is 5.75 Å². The number of halogens is 1. The normalized spacial score (nSPS) is 11.7. The Labute approximate surface area is 177 Å². The Morgan fingerprint density at radius 3 is 2.50 bits per heavy atom. The van der Waals surface area contributed by atoms with Gasteiger partial charge in [-0.2, -0.15) is 4.99 Å². The molecule has 0 saturated carbocycles. The summed E-state index contributed by atoms with van der Waals surface area (Å²) in [6.07, 6.45) is 0. The number of nitrogens with zero attached hydrogens (tertiary/aromatic N) is 2. The fraction of sp³-hybridized carbons (Fsp3) is 0.273. The molecule has 0 spiro atoms. The molecule has 0 fully saturated rings. The number of aromatic nitrogens is 1. The van der Waals surface area contributed by atoms with Crippen molar-refractivity contribution in [1.29, 1.82) is 0 Å². The molecular weight excluding hydrogens is 436 g/mol. The summed E-state index contributed by atoms with van der Waals surface area (Å²) in [6, 6.07) is 11.7. The molecule has 0 N–H and O–H groups in total. The lowest BCUT2D eigenvalue weighted by molar-refractivity contribution is 0.0997. The van der Waals surface area contributed by atoms with Crippen LogP contribution >= 0.6 is 27.3 Å². The lowest BCUT2D eigenvalue weighted by Gasteiger charge is -2.10. The van der Waals surface area contributed by atoms with Gasteiger partial charge < -0.3 is 9.30 Å². The summed E-state index contributed by atoms with van der Waals surface area (Å²) >= 11 is 4.97. The first-order valence-corrected chi connectivity index (χ1v) is 10.7. The topological polar surface area (TPSA) is 43.6 Å². The molecule has 0 radical (unpaired) electrons. The maximum absolute atomic E-state index is 12.8. The third kappa shape index (κ3) is 3.98. The monoisotopic (exact) mass is 458 g/mol. The minimum absolute atomic E-state index is 0.265. The van der Waals surface area contributed by atoms with Gasteiger partial charge >= 0.3 is 0 Å². The zero-order valence-corrected chi connectivity index (χ0v) is 19.1. The predicted octanol–water partition coefficient (Wildman–Crippen LogP) is 5.67. The molecule has 2 aromatic carbocycles. The van der Waals surface area contributed by atoms with Gasteiger partial charge in [-0.25, -0.2) is 0 Å². The number of benzene rings is 2. The summed E-state index contributed by atoms with van der Waals surface area (Å²) in [4.78, 5) is 19.0. The van der Waals surface area contributed by atoms with Crippen molar-refractivity contribution >= 4 is 33.2 Å². The number of carbonyl (C=O) groups is 1. The minimum Gasteiger partial charge on any atom is -0.496 e. The number of aryl methyl sites for hydroxylation is 3. The van der Waals surface area contributed by atoms with Gasteiger partial charge in [0.15, 0.2) is 4.80 Å². The van der Waals surface area contributed by atoms with Crippen molar-refractivity contribution in [2.75, 3.05) is 7.11 Å². The second-order valence-electron chi connectivity index (χ2n) is 6.60. The standard InChI is InChI=1S/C22H23BrN2O2S/c1-6-25-20(16-8-7-13(2)14(3)11-16)15(4)28-22(25)24-21(26)17-9-10-19(27-5)18(23)12-17/h7-12H,6H2,1-5H3. The smallest absolute Gasteiger partial charge is 0.279 e. The van der Waals surface area contributed by atoms with Crippen molar-refractivity contribution in [3.8, 4) is 17.0 Å². The van der Waals surface area contributed by atoms with E-state index in [0.717, 1.165) is 27.2 Å². The van der Waals surface area contributed by atoms with Crippen molar-refractivity contribution in [1.82, 2.24) is 4.57 Å². The Morgan fingerprint density at radius 1 is 1.14 bits per heavy atom. The highest BCUT2D eigenvalue weighted by molar-refractivity contribution is 9.10. The van der Waals surface area contributed by atoms with Crippen LogP contribution in [0.3, 0.4) is 0 Å². The van der Waals surface area contributed by atoms with E-state index in [0.29, 0.717) is 16.1 Å². The maximum atomic E-state index is 12.8. The average Bonchev–Trinajstić information content (AvgIpc) is 2.98. The van der Waals surface area contributed by atoms with E-state index in [1.807, 2.05) is 0 Å². The first-order chi connectivity index (χ1) is 13.3. The first kappa shape index (κ1) is 20.6. The van der Waals surface area contributed by atoms with Crippen molar-refractivity contribution < 1.29 is 9.53 Å². The van der Waals surface area contributed by atoms with Crippen molar-refractivity contribution in [3.63, 3.8) is 0 Å². The predicted molar refractivity (Wildman–Crippen MR) is 118 cm³/mol. The van der Waals surface area contributed by atoms with E-state index < -0.39 is 0 Å². The number of ether oxygens (including phenoxy) is 1. The molecule has 0 atom stereocenters. The van der Waals surface area contributed by atoms with E-state index in [9.17, 15) is 4.79 Å². The third-order valence-electron chi connectivity index (χ3n) is 4.77. The highest BCUT2D eigenvalue weighted by atomic mass is 79.9. The third-order valence-corrected chi connectivity index (χ3v) is 6.38. The lowest BCUT2D eigenvalue weighted by atomic mass is 10.0. The van der Waals surface area contributed by atoms with Gasteiger partial charge in [0.1, 0.15) is 5.75 Å². The molecule has 1 amide bonds. The first-order valence-electron chi connectivity index (χ1n) is 9.06. The van der Waals surface area contributed by atoms with Gasteiger partial charge in [0, 0.05) is 17.0 Å². The Hall–Kier alpha value is -2.18. The fourth-order valence-electron chi connectivity index (χ4n) is 3.10. The maximum Gasteiger partial charge on any atom is 0.279 e. The molecule has 1 heterocycles. The summed E-state index contributed by atoms with van der Waals surface area (Å²) in [5.74, 6) is 0.419. The van der Waals surface area contributed by atoms with Gasteiger partial charge in [0.2, 0.25) is 0 Å². The number of thiazole rings is 1. The van der Waals surface area contributed by atoms with Crippen LogP contribution in [-0.2, 0) is 6.54 Å². The van der Waals surface area contributed by atoms with Gasteiger partial charge in [-0.15, -0.1) is 11.3 Å². The molecule has 0 unspecified atom stereocenters. The molecule has 1 aromatic heterocycles. The lowest BCUT2D eigenvalue weighted by Crippen LogP contribution is -2.17. The zero-order chi connectivity index (χ0) is 20.4. The van der Waals surface area contributed by atoms with E-state index in [-0.39, 0.29) is 5.91 Å². The van der Waals surface area contributed by atoms with Crippen LogP contribution in [0.25, 0.3) is 11.3 Å². The molecule has 4 nitrogen and oxygen atoms in total. The van der Waals surface area contributed by atoms with Gasteiger partial charge in [-0.05, 0) is 84.6 Å². The number of methoxy groups -OCH3 is 1. The van der Waals surface area contributed by atoms with Crippen molar-refractivity contribution in [3.05, 3.63) is 67.2 Å². The van der Waals surface area contributed by atoms with E-state index >= 15 is 0 Å². The molecule has 0 aliphatic carbocycles. The highest BCUT2D eigenvalue weighted by Crippen LogP contribution is 2.28. The molecule has 0 aliphatic rings. The van der Waals surface area contributed by atoms with Crippen molar-refractivity contribution in [2.45, 2.75) is 34.2 Å². The number of hydrogen-bond acceptors (Lipinski definition) is 3. The quantitative estimate of drug-likeness (QED) is 0.504. The Balaban J connectivity index is 2.08. The number of rotatable bonds is 4. The minimum atomic E-state index is -0.265. The summed E-state index contributed by atoms with van der Waals surface area (Å²) in [7, 11) is 1.60. The van der Waals surface area contributed by atoms with E-state index in [2.05, 4.69) is 71.4 Å². The second kappa shape index (κ2) is 8.45. The Kier molecular flexibility index (Phi) is 6.20. The number of carbonyl (C=O) groups excluding carboxylic acids is 1. The number of amides is 1. The van der Waals surface area contributed by atoms with E-state index in [4.69, 9.17) is 4.74 Å². The molecule has 3 rings (SSSR count). The van der Waals surface area contributed by atoms with Crippen LogP contribution in [0.4, 0.5) is 0 Å². The summed E-state index contributed by atoms with van der Waals surface area (Å²) in [5.41, 5.74) is 5.32. The Morgan fingerprint density at radius 2 is 1.89 bits per heavy atom. The summed E-state index contributed by atoms with van der Waals surface area (Å²) in [6.45, 7) is 9.12. The molecular formula is C22H23BrN2O2S. The van der Waals surface area contributed by atoms with Crippen LogP contribution in [0.2, 0.25) is 0 Å². The van der Waals surface area contributed by atoms with E-state index in [1.54, 1.807) is 36.6 Å². The SMILES string of the molecule is CCn1c(-c2ccc(C)c(C)c2)c(C)sc1=NC(=O)c1ccc(OC)c(Br)c1. The van der Waals surface area contributed by atoms with Crippen LogP contribution < -0.4 is 9.54 Å². The highest BCUT2D eigenvalue weighted by Gasteiger charge is 2.14. The second-order valence-corrected chi connectivity index (χ2v) is 8.63. The summed E-state index contributed by atoms with van der Waals surface area (Å²) in [5, 5.41) is 0. The molecule has 28 heavy (non-hydrogen) atoms. The van der Waals surface area contributed by atoms with E-state index in [1.165, 1.54) is 11.1 Å².